The van der Waals surface area contributed by atoms with Crippen LogP contribution in [0.1, 0.15) is 59.3 Å². The van der Waals surface area contributed by atoms with E-state index in [0.29, 0.717) is 16.3 Å². The van der Waals surface area contributed by atoms with Gasteiger partial charge in [0.05, 0.1) is 10.8 Å². The van der Waals surface area contributed by atoms with E-state index in [4.69, 9.17) is 0 Å². The zero-order chi connectivity index (χ0) is 14.3. The van der Waals surface area contributed by atoms with Crippen LogP contribution in [0.5, 0.6) is 0 Å². The van der Waals surface area contributed by atoms with E-state index in [1.807, 2.05) is 0 Å². The third-order valence-electron chi connectivity index (χ3n) is 3.43. The maximum absolute atomic E-state index is 12.0. The minimum atomic E-state index is -1.07. The van der Waals surface area contributed by atoms with Gasteiger partial charge in [-0.05, 0) is 35.1 Å². The van der Waals surface area contributed by atoms with Crippen molar-refractivity contribution >= 4 is 10.8 Å². The Hall–Kier alpha value is -0.780. The Kier molecular flexibility index (Phi) is 6.62. The molecule has 19 heavy (non-hydrogen) atoms. The summed E-state index contributed by atoms with van der Waals surface area (Å²) < 4.78 is 13.5. The van der Waals surface area contributed by atoms with E-state index < -0.39 is 10.8 Å². The second-order valence-corrected chi connectivity index (χ2v) is 7.32. The van der Waals surface area contributed by atoms with E-state index in [1.54, 1.807) is 7.05 Å². The summed E-state index contributed by atoms with van der Waals surface area (Å²) in [5, 5.41) is 11.5. The summed E-state index contributed by atoms with van der Waals surface area (Å²) in [6, 6.07) is 0. The van der Waals surface area contributed by atoms with Gasteiger partial charge in [-0.2, -0.15) is 0 Å². The minimum absolute atomic E-state index is 0.407. The Balaban J connectivity index is 2.24. The highest BCUT2D eigenvalue weighted by Gasteiger charge is 2.17. The van der Waals surface area contributed by atoms with Crippen LogP contribution in [0.15, 0.2) is 5.16 Å². The predicted octanol–water partition coefficient (Wildman–Crippen LogP) is 2.70. The molecule has 0 saturated heterocycles. The van der Waals surface area contributed by atoms with Gasteiger partial charge in [0.25, 0.3) is 0 Å². The summed E-state index contributed by atoms with van der Waals surface area (Å²) in [7, 11) is 0.653. The Labute approximate surface area is 118 Å². The van der Waals surface area contributed by atoms with Crippen molar-refractivity contribution in [2.75, 3.05) is 5.75 Å². The fourth-order valence-electron chi connectivity index (χ4n) is 2.12. The van der Waals surface area contributed by atoms with Crippen LogP contribution >= 0.6 is 0 Å². The number of hydrogen-bond acceptors (Lipinski definition) is 4. The van der Waals surface area contributed by atoms with Crippen molar-refractivity contribution in [1.29, 1.82) is 0 Å². The van der Waals surface area contributed by atoms with Crippen molar-refractivity contribution in [3.63, 3.8) is 0 Å². The van der Waals surface area contributed by atoms with Gasteiger partial charge in [-0.15, -0.1) is 0 Å². The zero-order valence-electron chi connectivity index (χ0n) is 12.6. The smallest absolute Gasteiger partial charge is 0.239 e. The number of unbranched alkanes of at least 4 members (excludes halogenated alkanes) is 2. The summed E-state index contributed by atoms with van der Waals surface area (Å²) >= 11 is 0. The van der Waals surface area contributed by atoms with Gasteiger partial charge in [0, 0.05) is 12.8 Å². The van der Waals surface area contributed by atoms with Crippen molar-refractivity contribution < 1.29 is 4.21 Å². The minimum Gasteiger partial charge on any atom is -0.251 e. The molecule has 1 rings (SSSR count). The molecule has 5 nitrogen and oxygen atoms in total. The standard InChI is InChI=1S/C13H26N4OS/c1-5-6-9-13(2,3)10-7-8-11-19(18)12-14-15-16-17(12)4/h5-11H2,1-4H3. The first-order valence-electron chi connectivity index (χ1n) is 7.07. The van der Waals surface area contributed by atoms with Crippen LogP contribution in [0, 0.1) is 5.41 Å². The van der Waals surface area contributed by atoms with Crippen LogP contribution in [0.4, 0.5) is 0 Å². The lowest BCUT2D eigenvalue weighted by atomic mass is 9.82. The van der Waals surface area contributed by atoms with Crippen LogP contribution in [0.2, 0.25) is 0 Å². The third-order valence-corrected chi connectivity index (χ3v) is 4.84. The maximum atomic E-state index is 12.0. The van der Waals surface area contributed by atoms with E-state index in [1.165, 1.54) is 30.4 Å². The Bertz CT molecular complexity index is 403. The second kappa shape index (κ2) is 7.72. The number of hydrogen-bond donors (Lipinski definition) is 0. The van der Waals surface area contributed by atoms with Crippen molar-refractivity contribution in [1.82, 2.24) is 20.2 Å². The fourth-order valence-corrected chi connectivity index (χ4v) is 3.23. The highest BCUT2D eigenvalue weighted by molar-refractivity contribution is 7.84. The van der Waals surface area contributed by atoms with Gasteiger partial charge in [-0.25, -0.2) is 4.68 Å². The quantitative estimate of drug-likeness (QED) is 0.655. The molecular formula is C13H26N4OS. The topological polar surface area (TPSA) is 60.7 Å². The van der Waals surface area contributed by atoms with Crippen molar-refractivity contribution in [2.24, 2.45) is 12.5 Å². The molecule has 0 aliphatic carbocycles. The fraction of sp³-hybridized carbons (Fsp3) is 0.923. The van der Waals surface area contributed by atoms with Gasteiger partial charge in [-0.3, -0.25) is 4.21 Å². The number of tetrazole rings is 1. The SMILES string of the molecule is CCCCC(C)(C)CCCCS(=O)c1nnnn1C. The molecule has 0 radical (unpaired) electrons. The van der Waals surface area contributed by atoms with Gasteiger partial charge in [0.15, 0.2) is 0 Å². The lowest BCUT2D eigenvalue weighted by Crippen LogP contribution is -2.12. The maximum Gasteiger partial charge on any atom is 0.239 e. The number of aromatic nitrogens is 4. The molecule has 1 aromatic rings. The molecule has 6 heteroatoms. The molecule has 0 aliphatic heterocycles. The molecule has 0 spiro atoms. The van der Waals surface area contributed by atoms with Gasteiger partial charge in [-0.1, -0.05) is 45.1 Å². The zero-order valence-corrected chi connectivity index (χ0v) is 13.4. The van der Waals surface area contributed by atoms with Crippen molar-refractivity contribution in [3.8, 4) is 0 Å². The molecule has 1 atom stereocenters. The number of rotatable bonds is 9. The first-order valence-corrected chi connectivity index (χ1v) is 8.39. The molecule has 0 aliphatic rings. The Morgan fingerprint density at radius 3 is 2.47 bits per heavy atom. The molecule has 0 N–H and O–H groups in total. The lowest BCUT2D eigenvalue weighted by molar-refractivity contribution is 0.289. The van der Waals surface area contributed by atoms with Crippen LogP contribution in [-0.2, 0) is 17.8 Å². The Morgan fingerprint density at radius 1 is 1.21 bits per heavy atom. The molecule has 0 bridgehead atoms. The monoisotopic (exact) mass is 286 g/mol. The average Bonchev–Trinajstić information content (AvgIpc) is 2.78. The highest BCUT2D eigenvalue weighted by Crippen LogP contribution is 2.29. The molecule has 1 heterocycles. The summed E-state index contributed by atoms with van der Waals surface area (Å²) in [6.07, 6.45) is 7.11. The van der Waals surface area contributed by atoms with Crippen LogP contribution in [-0.4, -0.2) is 30.2 Å². The van der Waals surface area contributed by atoms with Gasteiger partial charge >= 0.3 is 0 Å². The van der Waals surface area contributed by atoms with Gasteiger partial charge < -0.3 is 0 Å². The average molecular weight is 286 g/mol. The summed E-state index contributed by atoms with van der Waals surface area (Å²) in [5.74, 6) is 0.651. The van der Waals surface area contributed by atoms with E-state index in [9.17, 15) is 4.21 Å². The molecular weight excluding hydrogens is 260 g/mol. The Morgan fingerprint density at radius 2 is 1.89 bits per heavy atom. The largest absolute Gasteiger partial charge is 0.251 e. The third kappa shape index (κ3) is 5.80. The van der Waals surface area contributed by atoms with E-state index in [-0.39, 0.29) is 0 Å². The van der Waals surface area contributed by atoms with E-state index >= 15 is 0 Å². The van der Waals surface area contributed by atoms with Crippen molar-refractivity contribution in [3.05, 3.63) is 0 Å². The molecule has 0 fully saturated rings. The molecule has 0 aromatic carbocycles. The van der Waals surface area contributed by atoms with Crippen LogP contribution < -0.4 is 0 Å². The van der Waals surface area contributed by atoms with E-state index in [2.05, 4.69) is 36.3 Å². The molecule has 1 unspecified atom stereocenters. The summed E-state index contributed by atoms with van der Waals surface area (Å²) in [4.78, 5) is 0. The van der Waals surface area contributed by atoms with Gasteiger partial charge in [0.1, 0.15) is 0 Å². The lowest BCUT2D eigenvalue weighted by Gasteiger charge is -2.24. The summed E-state index contributed by atoms with van der Waals surface area (Å²) in [5.41, 5.74) is 0.407. The van der Waals surface area contributed by atoms with Crippen molar-refractivity contribution in [2.45, 2.75) is 64.5 Å². The molecule has 0 amide bonds. The summed E-state index contributed by atoms with van der Waals surface area (Å²) in [6.45, 7) is 6.88. The highest BCUT2D eigenvalue weighted by atomic mass is 32.2. The van der Waals surface area contributed by atoms with Crippen LogP contribution in [0.25, 0.3) is 0 Å². The first kappa shape index (κ1) is 16.3. The molecule has 110 valence electrons. The number of nitrogens with zero attached hydrogens (tertiary/aromatic N) is 4. The molecule has 0 saturated carbocycles. The predicted molar refractivity (Wildman–Crippen MR) is 77.2 cm³/mol. The van der Waals surface area contributed by atoms with Crippen LogP contribution in [0.3, 0.4) is 0 Å². The second-order valence-electron chi connectivity index (χ2n) is 5.86. The molecule has 1 aromatic heterocycles. The normalized spacial score (nSPS) is 13.7. The first-order chi connectivity index (χ1) is 8.96. The van der Waals surface area contributed by atoms with Gasteiger partial charge in [0.2, 0.25) is 5.16 Å². The van der Waals surface area contributed by atoms with E-state index in [0.717, 1.165) is 12.8 Å². The number of aryl methyl sites for hydroxylation is 1.